The molecule has 1 rings (SSSR count). The first kappa shape index (κ1) is 6.05. The molecule has 0 spiro atoms. The maximum atomic E-state index is 5.69. The molecule has 0 aliphatic heterocycles. The van der Waals surface area contributed by atoms with Gasteiger partial charge in [-0.05, 0) is 18.8 Å². The SMILES string of the molecule is CC1CC(N)CC1N. The highest BCUT2D eigenvalue weighted by molar-refractivity contribution is 4.85. The van der Waals surface area contributed by atoms with Gasteiger partial charge in [0.1, 0.15) is 0 Å². The van der Waals surface area contributed by atoms with Crippen LogP contribution >= 0.6 is 0 Å². The zero-order valence-corrected chi connectivity index (χ0v) is 5.30. The highest BCUT2D eigenvalue weighted by Crippen LogP contribution is 2.21. The van der Waals surface area contributed by atoms with E-state index in [2.05, 4.69) is 6.92 Å². The second-order valence-corrected chi connectivity index (χ2v) is 2.87. The fourth-order valence-corrected chi connectivity index (χ4v) is 1.33. The number of hydrogen-bond acceptors (Lipinski definition) is 2. The molecule has 2 nitrogen and oxygen atoms in total. The topological polar surface area (TPSA) is 52.0 Å². The molecule has 0 bridgehead atoms. The summed E-state index contributed by atoms with van der Waals surface area (Å²) < 4.78 is 0. The van der Waals surface area contributed by atoms with Gasteiger partial charge in [-0.2, -0.15) is 0 Å². The maximum absolute atomic E-state index is 5.69. The standard InChI is InChI=1S/C6H14N2/c1-4-2-5(7)3-6(4)8/h4-6H,2-3,7-8H2,1H3. The van der Waals surface area contributed by atoms with Crippen molar-refractivity contribution in [2.45, 2.75) is 31.8 Å². The Morgan fingerprint density at radius 2 is 1.88 bits per heavy atom. The van der Waals surface area contributed by atoms with Gasteiger partial charge >= 0.3 is 0 Å². The van der Waals surface area contributed by atoms with Gasteiger partial charge in [0, 0.05) is 12.1 Å². The first-order valence-corrected chi connectivity index (χ1v) is 3.21. The molecule has 3 unspecified atom stereocenters. The molecule has 0 aromatic heterocycles. The first-order chi connectivity index (χ1) is 3.70. The summed E-state index contributed by atoms with van der Waals surface area (Å²) in [5.41, 5.74) is 11.3. The minimum Gasteiger partial charge on any atom is -0.328 e. The molecule has 1 aliphatic rings. The van der Waals surface area contributed by atoms with Crippen LogP contribution in [0.2, 0.25) is 0 Å². The van der Waals surface area contributed by atoms with Crippen LogP contribution in [0.3, 0.4) is 0 Å². The van der Waals surface area contributed by atoms with Crippen LogP contribution in [0.15, 0.2) is 0 Å². The average Bonchev–Trinajstić information content (AvgIpc) is 1.85. The molecule has 0 aromatic carbocycles. The van der Waals surface area contributed by atoms with E-state index in [0.29, 0.717) is 18.0 Å². The van der Waals surface area contributed by atoms with E-state index >= 15 is 0 Å². The molecule has 0 radical (unpaired) electrons. The third-order valence-electron chi connectivity index (χ3n) is 1.98. The molecule has 1 fully saturated rings. The second kappa shape index (κ2) is 2.03. The van der Waals surface area contributed by atoms with Crippen molar-refractivity contribution >= 4 is 0 Å². The summed E-state index contributed by atoms with van der Waals surface area (Å²) in [6.07, 6.45) is 2.13. The highest BCUT2D eigenvalue weighted by Gasteiger charge is 2.25. The summed E-state index contributed by atoms with van der Waals surface area (Å²) in [4.78, 5) is 0. The van der Waals surface area contributed by atoms with Crippen molar-refractivity contribution in [1.82, 2.24) is 0 Å². The van der Waals surface area contributed by atoms with Gasteiger partial charge in [0.15, 0.2) is 0 Å². The Kier molecular flexibility index (Phi) is 1.54. The molecule has 0 aromatic rings. The Bertz CT molecular complexity index is 72.6. The fourth-order valence-electron chi connectivity index (χ4n) is 1.33. The van der Waals surface area contributed by atoms with Crippen molar-refractivity contribution < 1.29 is 0 Å². The molecule has 0 saturated heterocycles. The minimum absolute atomic E-state index is 0.366. The third-order valence-corrected chi connectivity index (χ3v) is 1.98. The lowest BCUT2D eigenvalue weighted by Crippen LogP contribution is -2.23. The maximum Gasteiger partial charge on any atom is 0.00798 e. The van der Waals surface area contributed by atoms with Gasteiger partial charge in [-0.15, -0.1) is 0 Å². The van der Waals surface area contributed by atoms with E-state index in [9.17, 15) is 0 Å². The fraction of sp³-hybridized carbons (Fsp3) is 1.00. The molecule has 1 aliphatic carbocycles. The predicted octanol–water partition coefficient (Wildman–Crippen LogP) is 0.0709. The smallest absolute Gasteiger partial charge is 0.00798 e. The van der Waals surface area contributed by atoms with Crippen molar-refractivity contribution in [1.29, 1.82) is 0 Å². The molecule has 2 heteroatoms. The molecule has 48 valence electrons. The van der Waals surface area contributed by atoms with E-state index in [1.807, 2.05) is 0 Å². The van der Waals surface area contributed by atoms with Crippen molar-refractivity contribution in [3.05, 3.63) is 0 Å². The van der Waals surface area contributed by atoms with Crippen molar-refractivity contribution in [3.63, 3.8) is 0 Å². The zero-order valence-electron chi connectivity index (χ0n) is 5.30. The number of rotatable bonds is 0. The van der Waals surface area contributed by atoms with Crippen LogP contribution in [0.5, 0.6) is 0 Å². The van der Waals surface area contributed by atoms with Crippen LogP contribution in [0.25, 0.3) is 0 Å². The Hall–Kier alpha value is -0.0800. The van der Waals surface area contributed by atoms with Crippen molar-refractivity contribution in [3.8, 4) is 0 Å². The van der Waals surface area contributed by atoms with Gasteiger partial charge in [0.25, 0.3) is 0 Å². The van der Waals surface area contributed by atoms with E-state index in [-0.39, 0.29) is 0 Å². The van der Waals surface area contributed by atoms with E-state index in [1.54, 1.807) is 0 Å². The monoisotopic (exact) mass is 114 g/mol. The summed E-state index contributed by atoms with van der Waals surface area (Å²) in [6.45, 7) is 2.16. The van der Waals surface area contributed by atoms with Crippen LogP contribution in [0.4, 0.5) is 0 Å². The van der Waals surface area contributed by atoms with Gasteiger partial charge in [-0.1, -0.05) is 6.92 Å². The Labute approximate surface area is 50.2 Å². The second-order valence-electron chi connectivity index (χ2n) is 2.87. The minimum atomic E-state index is 0.366. The highest BCUT2D eigenvalue weighted by atomic mass is 14.7. The van der Waals surface area contributed by atoms with E-state index in [1.165, 1.54) is 0 Å². The summed E-state index contributed by atoms with van der Waals surface area (Å²) in [7, 11) is 0. The number of hydrogen-bond donors (Lipinski definition) is 2. The van der Waals surface area contributed by atoms with E-state index in [0.717, 1.165) is 12.8 Å². The summed E-state index contributed by atoms with van der Waals surface area (Å²) in [5, 5.41) is 0. The van der Waals surface area contributed by atoms with Gasteiger partial charge in [-0.3, -0.25) is 0 Å². The quantitative estimate of drug-likeness (QED) is 0.468. The van der Waals surface area contributed by atoms with Gasteiger partial charge in [0.05, 0.1) is 0 Å². The Balaban J connectivity index is 2.39. The molecule has 8 heavy (non-hydrogen) atoms. The van der Waals surface area contributed by atoms with Gasteiger partial charge < -0.3 is 11.5 Å². The lowest BCUT2D eigenvalue weighted by Gasteiger charge is -2.05. The zero-order chi connectivity index (χ0) is 6.15. The molecular weight excluding hydrogens is 100 g/mol. The molecule has 3 atom stereocenters. The normalized spacial score (nSPS) is 47.6. The van der Waals surface area contributed by atoms with Crippen LogP contribution in [0, 0.1) is 5.92 Å². The van der Waals surface area contributed by atoms with E-state index in [4.69, 9.17) is 11.5 Å². The van der Waals surface area contributed by atoms with Crippen LogP contribution in [-0.2, 0) is 0 Å². The largest absolute Gasteiger partial charge is 0.328 e. The summed E-state index contributed by atoms with van der Waals surface area (Å²) in [6, 6.07) is 0.741. The summed E-state index contributed by atoms with van der Waals surface area (Å²) in [5.74, 6) is 0.644. The molecule has 4 N–H and O–H groups in total. The average molecular weight is 114 g/mol. The Morgan fingerprint density at radius 1 is 1.25 bits per heavy atom. The summed E-state index contributed by atoms with van der Waals surface area (Å²) >= 11 is 0. The molecule has 0 amide bonds. The van der Waals surface area contributed by atoms with Gasteiger partial charge in [-0.25, -0.2) is 0 Å². The first-order valence-electron chi connectivity index (χ1n) is 3.21. The Morgan fingerprint density at radius 3 is 2.00 bits per heavy atom. The molecule has 0 heterocycles. The van der Waals surface area contributed by atoms with E-state index < -0.39 is 0 Å². The van der Waals surface area contributed by atoms with Crippen LogP contribution in [-0.4, -0.2) is 12.1 Å². The van der Waals surface area contributed by atoms with Gasteiger partial charge in [0.2, 0.25) is 0 Å². The predicted molar refractivity (Wildman–Crippen MR) is 34.3 cm³/mol. The number of nitrogens with two attached hydrogens (primary N) is 2. The molecule has 1 saturated carbocycles. The van der Waals surface area contributed by atoms with Crippen molar-refractivity contribution in [2.24, 2.45) is 17.4 Å². The third kappa shape index (κ3) is 1.01. The lowest BCUT2D eigenvalue weighted by molar-refractivity contribution is 0.526. The molecular formula is C6H14N2. The van der Waals surface area contributed by atoms with Crippen LogP contribution < -0.4 is 11.5 Å². The lowest BCUT2D eigenvalue weighted by atomic mass is 10.1. The van der Waals surface area contributed by atoms with Crippen molar-refractivity contribution in [2.75, 3.05) is 0 Å². The van der Waals surface area contributed by atoms with Crippen LogP contribution in [0.1, 0.15) is 19.8 Å².